The first-order chi connectivity index (χ1) is 9.38. The Balaban J connectivity index is 1.63. The van der Waals surface area contributed by atoms with Crippen molar-refractivity contribution in [3.63, 3.8) is 0 Å². The molecule has 0 nitrogen and oxygen atoms in total. The molecular formula is C19H32. The van der Waals surface area contributed by atoms with Gasteiger partial charge < -0.3 is 0 Å². The minimum atomic E-state index is 1.10. The van der Waals surface area contributed by atoms with Crippen LogP contribution in [0.2, 0.25) is 0 Å². The molecule has 0 aromatic heterocycles. The zero-order valence-corrected chi connectivity index (χ0v) is 12.8. The van der Waals surface area contributed by atoms with Gasteiger partial charge in [-0.15, -0.1) is 0 Å². The second-order valence-electron chi connectivity index (χ2n) is 8.30. The second-order valence-corrected chi connectivity index (χ2v) is 8.30. The minimum Gasteiger partial charge on any atom is -0.0651 e. The third kappa shape index (κ3) is 2.00. The van der Waals surface area contributed by atoms with Gasteiger partial charge in [-0.3, -0.25) is 0 Å². The smallest absolute Gasteiger partial charge is 0.0349 e. The molecule has 0 aliphatic heterocycles. The Morgan fingerprint density at radius 3 is 1.32 bits per heavy atom. The lowest BCUT2D eigenvalue weighted by atomic mass is 9.51. The summed E-state index contributed by atoms with van der Waals surface area (Å²) in [7, 11) is 0. The molecule has 0 aromatic rings. The van der Waals surface area contributed by atoms with Crippen LogP contribution in [0.5, 0.6) is 0 Å². The van der Waals surface area contributed by atoms with Gasteiger partial charge in [-0.25, -0.2) is 0 Å². The van der Waals surface area contributed by atoms with Crippen molar-refractivity contribution >= 4 is 0 Å². The fourth-order valence-corrected chi connectivity index (χ4v) is 7.04. The van der Waals surface area contributed by atoms with Crippen LogP contribution in [0.3, 0.4) is 0 Å². The topological polar surface area (TPSA) is 0 Å². The van der Waals surface area contributed by atoms with Crippen molar-refractivity contribution in [1.29, 1.82) is 0 Å². The fraction of sp³-hybridized carbons (Fsp3) is 1.00. The summed E-state index contributed by atoms with van der Waals surface area (Å²) in [6.07, 6.45) is 17.3. The summed E-state index contributed by atoms with van der Waals surface area (Å²) >= 11 is 0. The summed E-state index contributed by atoms with van der Waals surface area (Å²) in [5, 5.41) is 0. The van der Waals surface area contributed by atoms with E-state index in [1.165, 1.54) is 6.42 Å². The van der Waals surface area contributed by atoms with Crippen LogP contribution in [-0.2, 0) is 0 Å². The molecule has 0 saturated heterocycles. The molecular weight excluding hydrogens is 228 g/mol. The molecule has 4 saturated carbocycles. The molecule has 4 aliphatic carbocycles. The summed E-state index contributed by atoms with van der Waals surface area (Å²) in [4.78, 5) is 0. The molecule has 0 radical (unpaired) electrons. The Bertz CT molecular complexity index is 290. The van der Waals surface area contributed by atoms with E-state index in [0.717, 1.165) is 41.4 Å². The Morgan fingerprint density at radius 1 is 0.579 bits per heavy atom. The van der Waals surface area contributed by atoms with Crippen LogP contribution in [0.1, 0.15) is 77.6 Å². The lowest BCUT2D eigenvalue weighted by molar-refractivity contribution is -0.0484. The second kappa shape index (κ2) is 5.08. The zero-order chi connectivity index (χ0) is 12.8. The summed E-state index contributed by atoms with van der Waals surface area (Å²) in [5.74, 6) is 8.07. The van der Waals surface area contributed by atoms with Crippen molar-refractivity contribution < 1.29 is 0 Å². The van der Waals surface area contributed by atoms with E-state index in [9.17, 15) is 0 Å². The van der Waals surface area contributed by atoms with E-state index >= 15 is 0 Å². The van der Waals surface area contributed by atoms with Crippen molar-refractivity contribution in [2.24, 2.45) is 41.4 Å². The van der Waals surface area contributed by atoms with Crippen LogP contribution in [0.25, 0.3) is 0 Å². The molecule has 6 unspecified atom stereocenters. The first-order valence-electron chi connectivity index (χ1n) is 9.38. The molecule has 0 spiro atoms. The molecule has 0 aromatic carbocycles. The molecule has 108 valence electrons. The zero-order valence-electron chi connectivity index (χ0n) is 12.8. The van der Waals surface area contributed by atoms with E-state index in [1.54, 1.807) is 64.2 Å². The Hall–Kier alpha value is 0. The molecule has 0 amide bonds. The van der Waals surface area contributed by atoms with Gasteiger partial charge in [0.1, 0.15) is 0 Å². The highest BCUT2D eigenvalue weighted by molar-refractivity contribution is 5.02. The lowest BCUT2D eigenvalue weighted by Gasteiger charge is -2.54. The predicted octanol–water partition coefficient (Wildman–Crippen LogP) is 5.67. The number of rotatable bonds is 1. The monoisotopic (exact) mass is 260 g/mol. The molecule has 19 heavy (non-hydrogen) atoms. The van der Waals surface area contributed by atoms with Crippen molar-refractivity contribution in [3.05, 3.63) is 0 Å². The fourth-order valence-electron chi connectivity index (χ4n) is 7.04. The maximum absolute atomic E-state index is 2.44. The van der Waals surface area contributed by atoms with Crippen molar-refractivity contribution in [2.45, 2.75) is 77.6 Å². The molecule has 4 rings (SSSR count). The van der Waals surface area contributed by atoms with Gasteiger partial charge in [0.05, 0.1) is 0 Å². The summed E-state index contributed by atoms with van der Waals surface area (Å²) in [5.41, 5.74) is 0. The summed E-state index contributed by atoms with van der Waals surface area (Å²) in [6, 6.07) is 0. The SMILES string of the molecule is CCC1CC2C3CCCCC3C3CCCCC3C2C1. The van der Waals surface area contributed by atoms with Crippen LogP contribution in [0, 0.1) is 41.4 Å². The maximum atomic E-state index is 2.44. The highest BCUT2D eigenvalue weighted by Gasteiger charge is 2.53. The summed E-state index contributed by atoms with van der Waals surface area (Å²) in [6.45, 7) is 2.44. The largest absolute Gasteiger partial charge is 0.0651 e. The van der Waals surface area contributed by atoms with Crippen LogP contribution in [-0.4, -0.2) is 0 Å². The molecule has 6 atom stereocenters. The first-order valence-corrected chi connectivity index (χ1v) is 9.38. The van der Waals surface area contributed by atoms with E-state index < -0.39 is 0 Å². The van der Waals surface area contributed by atoms with Gasteiger partial charge in [0, 0.05) is 0 Å². The van der Waals surface area contributed by atoms with E-state index in [1.807, 2.05) is 0 Å². The lowest BCUT2D eigenvalue weighted by Crippen LogP contribution is -2.46. The van der Waals surface area contributed by atoms with E-state index in [4.69, 9.17) is 0 Å². The summed E-state index contributed by atoms with van der Waals surface area (Å²) < 4.78 is 0. The highest BCUT2D eigenvalue weighted by atomic mass is 14.6. The molecule has 4 aliphatic rings. The molecule has 0 heteroatoms. The van der Waals surface area contributed by atoms with Crippen LogP contribution in [0.4, 0.5) is 0 Å². The normalized spacial score (nSPS) is 53.2. The molecule has 0 bridgehead atoms. The average Bonchev–Trinajstić information content (AvgIpc) is 2.92. The van der Waals surface area contributed by atoms with E-state index in [0.29, 0.717) is 0 Å². The van der Waals surface area contributed by atoms with Crippen molar-refractivity contribution in [3.8, 4) is 0 Å². The van der Waals surface area contributed by atoms with Gasteiger partial charge in [0.15, 0.2) is 0 Å². The number of hydrogen-bond acceptors (Lipinski definition) is 0. The third-order valence-corrected chi connectivity index (χ3v) is 7.74. The van der Waals surface area contributed by atoms with Crippen molar-refractivity contribution in [1.82, 2.24) is 0 Å². The van der Waals surface area contributed by atoms with Gasteiger partial charge in [0.2, 0.25) is 0 Å². The van der Waals surface area contributed by atoms with Crippen LogP contribution >= 0.6 is 0 Å². The number of fused-ring (bicyclic) bond motifs is 6. The number of hydrogen-bond donors (Lipinski definition) is 0. The predicted molar refractivity (Wildman–Crippen MR) is 80.9 cm³/mol. The van der Waals surface area contributed by atoms with E-state index in [-0.39, 0.29) is 0 Å². The Labute approximate surface area is 119 Å². The van der Waals surface area contributed by atoms with E-state index in [2.05, 4.69) is 6.92 Å². The van der Waals surface area contributed by atoms with Gasteiger partial charge in [-0.05, 0) is 80.0 Å². The highest BCUT2D eigenvalue weighted by Crippen LogP contribution is 2.61. The quantitative estimate of drug-likeness (QED) is 0.570. The van der Waals surface area contributed by atoms with Crippen LogP contribution < -0.4 is 0 Å². The van der Waals surface area contributed by atoms with Gasteiger partial charge in [-0.1, -0.05) is 39.0 Å². The Morgan fingerprint density at radius 2 is 0.947 bits per heavy atom. The molecule has 0 N–H and O–H groups in total. The first kappa shape index (κ1) is 12.7. The molecule has 0 heterocycles. The minimum absolute atomic E-state index is 1.10. The molecule has 4 fully saturated rings. The average molecular weight is 260 g/mol. The third-order valence-electron chi connectivity index (χ3n) is 7.74. The van der Waals surface area contributed by atoms with Crippen molar-refractivity contribution in [2.75, 3.05) is 0 Å². The van der Waals surface area contributed by atoms with Gasteiger partial charge in [0.25, 0.3) is 0 Å². The van der Waals surface area contributed by atoms with Gasteiger partial charge in [-0.2, -0.15) is 0 Å². The van der Waals surface area contributed by atoms with Crippen LogP contribution in [0.15, 0.2) is 0 Å². The maximum Gasteiger partial charge on any atom is -0.0349 e. The Kier molecular flexibility index (Phi) is 3.40. The standard InChI is InChI=1S/C19H32/c1-2-13-11-18-16-9-5-3-7-14(16)15-8-4-6-10-17(15)19(18)12-13/h13-19H,2-12H2,1H3. The van der Waals surface area contributed by atoms with Gasteiger partial charge >= 0.3 is 0 Å².